The van der Waals surface area contributed by atoms with Crippen LogP contribution in [0.2, 0.25) is 0 Å². The van der Waals surface area contributed by atoms with E-state index in [9.17, 15) is 19.5 Å². The van der Waals surface area contributed by atoms with Crippen molar-refractivity contribution in [2.24, 2.45) is 0 Å². The number of aromatic hydroxyl groups is 1. The van der Waals surface area contributed by atoms with Gasteiger partial charge in [0.05, 0.1) is 13.2 Å². The number of ether oxygens (including phenoxy) is 1. The van der Waals surface area contributed by atoms with Gasteiger partial charge in [0.2, 0.25) is 11.8 Å². The zero-order valence-electron chi connectivity index (χ0n) is 30.8. The van der Waals surface area contributed by atoms with Gasteiger partial charge in [-0.1, -0.05) is 54.6 Å². The summed E-state index contributed by atoms with van der Waals surface area (Å²) in [4.78, 5) is 45.9. The van der Waals surface area contributed by atoms with Crippen molar-refractivity contribution in [2.75, 3.05) is 50.8 Å². The first-order valence-electron chi connectivity index (χ1n) is 19.6. The second-order valence-electron chi connectivity index (χ2n) is 15.6. The van der Waals surface area contributed by atoms with Crippen molar-refractivity contribution in [3.63, 3.8) is 0 Å². The van der Waals surface area contributed by atoms with Crippen LogP contribution in [0.4, 0.5) is 10.1 Å². The third-order valence-electron chi connectivity index (χ3n) is 12.5. The standard InChI is InChI=1S/C44H46FN5O5/c45-42-30(8-12-34-36(42)26-50(44(34)54)38-14-15-40(52)46-43(38)53)25-47-20-22-49(23-21-47)32-16-18-48(19-17-32)31-9-6-29(7-10-31)41-35-13-11-33(51)24-39(35)55-27-37(41)28-4-2-1-3-5-28/h1-13,24,32,37-38,41,51H,14-23,25-27H2,(H,46,52,53)/t37-,38?,41-/m1/s1. The summed E-state index contributed by atoms with van der Waals surface area (Å²) >= 11 is 0. The van der Waals surface area contributed by atoms with Crippen molar-refractivity contribution in [2.45, 2.75) is 62.7 Å². The highest BCUT2D eigenvalue weighted by Crippen LogP contribution is 2.47. The molecule has 9 rings (SSSR count). The van der Waals surface area contributed by atoms with Crippen LogP contribution in [0.15, 0.2) is 84.9 Å². The molecule has 2 N–H and O–H groups in total. The van der Waals surface area contributed by atoms with E-state index >= 15 is 4.39 Å². The van der Waals surface area contributed by atoms with Gasteiger partial charge in [-0.15, -0.1) is 0 Å². The van der Waals surface area contributed by atoms with Crippen LogP contribution < -0.4 is 15.0 Å². The average molecular weight is 744 g/mol. The maximum absolute atomic E-state index is 15.8. The molecule has 10 nitrogen and oxygen atoms in total. The maximum Gasteiger partial charge on any atom is 0.255 e. The number of anilines is 1. The molecule has 5 aliphatic heterocycles. The predicted molar refractivity (Wildman–Crippen MR) is 206 cm³/mol. The molecule has 284 valence electrons. The fourth-order valence-electron chi connectivity index (χ4n) is 9.48. The fourth-order valence-corrected chi connectivity index (χ4v) is 9.48. The highest BCUT2D eigenvalue weighted by atomic mass is 19.1. The molecule has 0 saturated carbocycles. The van der Waals surface area contributed by atoms with Crippen molar-refractivity contribution in [1.82, 2.24) is 20.0 Å². The molecule has 3 atom stereocenters. The Morgan fingerprint density at radius 3 is 2.33 bits per heavy atom. The van der Waals surface area contributed by atoms with Crippen LogP contribution in [0.3, 0.4) is 0 Å². The Morgan fingerprint density at radius 2 is 1.58 bits per heavy atom. The second kappa shape index (κ2) is 14.8. The van der Waals surface area contributed by atoms with Gasteiger partial charge in [-0.25, -0.2) is 4.39 Å². The van der Waals surface area contributed by atoms with Crippen molar-refractivity contribution in [1.29, 1.82) is 0 Å². The zero-order valence-corrected chi connectivity index (χ0v) is 30.8. The lowest BCUT2D eigenvalue weighted by Crippen LogP contribution is -2.53. The van der Waals surface area contributed by atoms with Gasteiger partial charge in [-0.3, -0.25) is 29.5 Å². The van der Waals surface area contributed by atoms with Gasteiger partial charge in [0.15, 0.2) is 0 Å². The van der Waals surface area contributed by atoms with E-state index in [1.54, 1.807) is 24.3 Å². The molecule has 55 heavy (non-hydrogen) atoms. The number of rotatable bonds is 7. The first-order valence-corrected chi connectivity index (χ1v) is 19.6. The van der Waals surface area contributed by atoms with Crippen LogP contribution in [0, 0.1) is 5.82 Å². The van der Waals surface area contributed by atoms with Crippen LogP contribution >= 0.6 is 0 Å². The van der Waals surface area contributed by atoms with E-state index in [0.717, 1.165) is 63.4 Å². The van der Waals surface area contributed by atoms with Crippen molar-refractivity contribution >= 4 is 23.4 Å². The molecule has 0 radical (unpaired) electrons. The third-order valence-corrected chi connectivity index (χ3v) is 12.5. The summed E-state index contributed by atoms with van der Waals surface area (Å²) in [5, 5.41) is 12.4. The van der Waals surface area contributed by atoms with Gasteiger partial charge in [0.25, 0.3) is 5.91 Å². The molecule has 4 aromatic carbocycles. The number of carbonyl (C=O) groups is 3. The molecule has 3 saturated heterocycles. The predicted octanol–water partition coefficient (Wildman–Crippen LogP) is 5.39. The molecule has 0 bridgehead atoms. The molecule has 0 spiro atoms. The van der Waals surface area contributed by atoms with Gasteiger partial charge in [-0.05, 0) is 54.7 Å². The minimum Gasteiger partial charge on any atom is -0.508 e. The number of hydrogen-bond acceptors (Lipinski definition) is 8. The van der Waals surface area contributed by atoms with E-state index in [-0.39, 0.29) is 54.6 Å². The summed E-state index contributed by atoms with van der Waals surface area (Å²) in [6, 6.07) is 28.2. The minimum absolute atomic E-state index is 0.0437. The van der Waals surface area contributed by atoms with Gasteiger partial charge in [0.1, 0.15) is 23.4 Å². The lowest BCUT2D eigenvalue weighted by Gasteiger charge is -2.43. The first kappa shape index (κ1) is 35.4. The van der Waals surface area contributed by atoms with E-state index in [4.69, 9.17) is 4.74 Å². The van der Waals surface area contributed by atoms with Crippen LogP contribution in [0.1, 0.15) is 75.7 Å². The Hall–Kier alpha value is -5.26. The zero-order chi connectivity index (χ0) is 37.6. The number of piperidine rings is 2. The number of fused-ring (bicyclic) bond motifs is 2. The molecule has 5 aliphatic rings. The fraction of sp³-hybridized carbons (Fsp3) is 0.386. The average Bonchev–Trinajstić information content (AvgIpc) is 3.55. The van der Waals surface area contributed by atoms with Crippen LogP contribution in [-0.2, 0) is 22.7 Å². The third kappa shape index (κ3) is 6.84. The molecule has 0 aliphatic carbocycles. The molecule has 3 amide bonds. The van der Waals surface area contributed by atoms with Crippen LogP contribution in [0.5, 0.6) is 11.5 Å². The van der Waals surface area contributed by atoms with E-state index in [0.29, 0.717) is 35.9 Å². The van der Waals surface area contributed by atoms with E-state index < -0.39 is 11.9 Å². The van der Waals surface area contributed by atoms with Crippen molar-refractivity contribution in [3.8, 4) is 11.5 Å². The van der Waals surface area contributed by atoms with Gasteiger partial charge in [0, 0.05) is 104 Å². The molecular weight excluding hydrogens is 698 g/mol. The highest BCUT2D eigenvalue weighted by molar-refractivity contribution is 6.05. The summed E-state index contributed by atoms with van der Waals surface area (Å²) in [6.07, 6.45) is 2.60. The quantitative estimate of drug-likeness (QED) is 0.243. The summed E-state index contributed by atoms with van der Waals surface area (Å²) in [7, 11) is 0. The number of benzene rings is 4. The number of nitrogens with one attached hydrogen (secondary N) is 1. The summed E-state index contributed by atoms with van der Waals surface area (Å²) < 4.78 is 22.0. The van der Waals surface area contributed by atoms with Crippen LogP contribution in [-0.4, -0.2) is 95.5 Å². The number of halogens is 1. The normalized spacial score (nSPS) is 23.7. The Balaban J connectivity index is 0.792. The number of amides is 3. The number of carbonyl (C=O) groups excluding carboxylic acids is 3. The maximum atomic E-state index is 15.8. The number of piperazine rings is 1. The molecule has 1 unspecified atom stereocenters. The SMILES string of the molecule is O=C1CCC(N2Cc3c(ccc(CN4CCN(C5CCN(c6ccc([C@@H]7c8ccc(O)cc8OC[C@@H]7c7ccccc7)cc6)CC5)CC4)c3F)C2=O)C(=O)N1. The number of phenolic OH excluding ortho intramolecular Hbond substituents is 1. The largest absolute Gasteiger partial charge is 0.508 e. The summed E-state index contributed by atoms with van der Waals surface area (Å²) in [5.74, 6) is -0.314. The number of hydrogen-bond donors (Lipinski definition) is 2. The van der Waals surface area contributed by atoms with Crippen molar-refractivity contribution < 1.29 is 28.6 Å². The van der Waals surface area contributed by atoms with E-state index in [2.05, 4.69) is 68.5 Å². The van der Waals surface area contributed by atoms with Gasteiger partial charge >= 0.3 is 0 Å². The minimum atomic E-state index is -0.757. The smallest absolute Gasteiger partial charge is 0.255 e. The van der Waals surface area contributed by atoms with E-state index in [1.165, 1.54) is 21.7 Å². The molecular formula is C44H46FN5O5. The lowest BCUT2D eigenvalue weighted by molar-refractivity contribution is -0.136. The number of nitrogens with zero attached hydrogens (tertiary/aromatic N) is 4. The van der Waals surface area contributed by atoms with E-state index in [1.807, 2.05) is 12.1 Å². The monoisotopic (exact) mass is 743 g/mol. The summed E-state index contributed by atoms with van der Waals surface area (Å²) in [5.41, 5.74) is 6.04. The molecule has 3 fully saturated rings. The first-order chi connectivity index (χ1) is 26.8. The molecule has 0 aromatic heterocycles. The molecule has 11 heteroatoms. The van der Waals surface area contributed by atoms with Gasteiger partial charge < -0.3 is 19.6 Å². The number of phenols is 1. The Bertz CT molecular complexity index is 2100. The number of imide groups is 1. The van der Waals surface area contributed by atoms with Gasteiger partial charge in [-0.2, -0.15) is 0 Å². The Labute approximate surface area is 320 Å². The Morgan fingerprint density at radius 1 is 0.818 bits per heavy atom. The van der Waals surface area contributed by atoms with Crippen molar-refractivity contribution in [3.05, 3.63) is 124 Å². The second-order valence-corrected chi connectivity index (χ2v) is 15.6. The Kier molecular flexibility index (Phi) is 9.51. The topological polar surface area (TPSA) is 106 Å². The van der Waals surface area contributed by atoms with Crippen LogP contribution in [0.25, 0.3) is 0 Å². The lowest BCUT2D eigenvalue weighted by atomic mass is 9.76. The molecule has 5 heterocycles. The molecule has 4 aromatic rings. The summed E-state index contributed by atoms with van der Waals surface area (Å²) in [6.45, 7) is 6.60. The highest BCUT2D eigenvalue weighted by Gasteiger charge is 2.41.